The number of nitrogens with one attached hydrogen (secondary N) is 1. The highest BCUT2D eigenvalue weighted by Gasteiger charge is 2.31. The molecule has 3 rings (SSSR count). The summed E-state index contributed by atoms with van der Waals surface area (Å²) in [6, 6.07) is 3.07. The molecule has 0 saturated carbocycles. The maximum atomic E-state index is 12.4. The van der Waals surface area contributed by atoms with Crippen molar-refractivity contribution < 1.29 is 13.2 Å². The minimum atomic E-state index is -3.58. The Bertz CT molecular complexity index is 888. The molecule has 0 radical (unpaired) electrons. The Morgan fingerprint density at radius 1 is 1.26 bits per heavy atom. The molecule has 23 heavy (non-hydrogen) atoms. The topological polar surface area (TPSA) is 97.2 Å². The van der Waals surface area contributed by atoms with Crippen molar-refractivity contribution in [1.29, 1.82) is 0 Å². The molecule has 1 amide bonds. The summed E-state index contributed by atoms with van der Waals surface area (Å²) in [5.74, 6) is -0.446. The fraction of sp³-hybridized carbons (Fsp3) is 0.357. The molecule has 0 spiro atoms. The van der Waals surface area contributed by atoms with Gasteiger partial charge in [0.05, 0.1) is 6.54 Å². The minimum Gasteiger partial charge on any atom is -0.320 e. The van der Waals surface area contributed by atoms with Gasteiger partial charge in [0.2, 0.25) is 0 Å². The number of rotatable bonds is 2. The smallest absolute Gasteiger partial charge is 0.276 e. The Balaban J connectivity index is 1.92. The highest BCUT2D eigenvalue weighted by molar-refractivity contribution is 7.89. The monoisotopic (exact) mass is 335 g/mol. The summed E-state index contributed by atoms with van der Waals surface area (Å²) < 4.78 is 27.1. The van der Waals surface area contributed by atoms with Gasteiger partial charge in [0.25, 0.3) is 15.9 Å². The van der Waals surface area contributed by atoms with E-state index in [-0.39, 0.29) is 10.7 Å². The molecule has 0 aliphatic carbocycles. The van der Waals surface area contributed by atoms with Crippen LogP contribution in [0, 0.1) is 13.8 Å². The van der Waals surface area contributed by atoms with E-state index in [9.17, 15) is 13.2 Å². The van der Waals surface area contributed by atoms with E-state index in [1.54, 1.807) is 12.3 Å². The Hall–Kier alpha value is -2.26. The molecule has 1 N–H and O–H groups in total. The van der Waals surface area contributed by atoms with Gasteiger partial charge in [-0.15, -0.1) is 0 Å². The van der Waals surface area contributed by atoms with Gasteiger partial charge < -0.3 is 5.32 Å². The Morgan fingerprint density at radius 2 is 2.00 bits per heavy atom. The largest absolute Gasteiger partial charge is 0.320 e. The molecule has 0 fully saturated rings. The molecule has 2 aromatic rings. The summed E-state index contributed by atoms with van der Waals surface area (Å²) in [7, 11) is -2.07. The first kappa shape index (κ1) is 15.6. The van der Waals surface area contributed by atoms with Gasteiger partial charge in [-0.2, -0.15) is 9.40 Å². The summed E-state index contributed by atoms with van der Waals surface area (Å²) in [5.41, 5.74) is 2.31. The van der Waals surface area contributed by atoms with Crippen LogP contribution < -0.4 is 5.32 Å². The van der Waals surface area contributed by atoms with Crippen LogP contribution in [-0.2, 0) is 16.6 Å². The molecule has 1 aliphatic heterocycles. The number of pyridine rings is 1. The highest BCUT2D eigenvalue weighted by Crippen LogP contribution is 2.21. The first-order valence-electron chi connectivity index (χ1n) is 7.08. The number of hydrogen-bond acceptors (Lipinski definition) is 5. The van der Waals surface area contributed by atoms with Crippen molar-refractivity contribution in [3.63, 3.8) is 0 Å². The SMILES string of the molecule is Cc1cc(NC(=O)c2cc3n(n2)CCN(C)S3(=O)=O)c(C)cn1. The fourth-order valence-corrected chi connectivity index (χ4v) is 3.64. The number of hydrogen-bond donors (Lipinski definition) is 1. The molecule has 0 atom stereocenters. The molecule has 0 unspecified atom stereocenters. The number of aromatic nitrogens is 3. The molecular weight excluding hydrogens is 318 g/mol. The van der Waals surface area contributed by atoms with Crippen molar-refractivity contribution in [2.45, 2.75) is 25.4 Å². The maximum Gasteiger partial charge on any atom is 0.276 e. The van der Waals surface area contributed by atoms with Crippen molar-refractivity contribution in [3.8, 4) is 0 Å². The van der Waals surface area contributed by atoms with Gasteiger partial charge in [-0.25, -0.2) is 8.42 Å². The summed E-state index contributed by atoms with van der Waals surface area (Å²) in [5, 5.41) is 6.90. The molecule has 0 aromatic carbocycles. The average Bonchev–Trinajstić information content (AvgIpc) is 2.93. The van der Waals surface area contributed by atoms with Gasteiger partial charge in [-0.1, -0.05) is 0 Å². The molecule has 3 heterocycles. The molecular formula is C14H17N5O3S. The normalized spacial score (nSPS) is 16.8. The van der Waals surface area contributed by atoms with E-state index in [0.29, 0.717) is 18.8 Å². The Labute approximate surface area is 134 Å². The van der Waals surface area contributed by atoms with Gasteiger partial charge in [0.1, 0.15) is 0 Å². The van der Waals surface area contributed by atoms with Crippen molar-refractivity contribution >= 4 is 21.6 Å². The molecule has 122 valence electrons. The second kappa shape index (κ2) is 5.43. The number of carbonyl (C=O) groups excluding carboxylic acids is 1. The van der Waals surface area contributed by atoms with E-state index >= 15 is 0 Å². The molecule has 1 aliphatic rings. The van der Waals surface area contributed by atoms with Crippen molar-refractivity contribution in [2.24, 2.45) is 0 Å². The van der Waals surface area contributed by atoms with Crippen LogP contribution in [0.3, 0.4) is 0 Å². The first-order chi connectivity index (χ1) is 10.8. The molecule has 2 aromatic heterocycles. The minimum absolute atomic E-state index is 0.0408. The Morgan fingerprint density at radius 3 is 2.74 bits per heavy atom. The first-order valence-corrected chi connectivity index (χ1v) is 8.52. The van der Waals surface area contributed by atoms with Crippen LogP contribution in [0.5, 0.6) is 0 Å². The standard InChI is InChI=1S/C14H17N5O3S/c1-9-8-15-10(2)6-11(9)16-14(20)12-7-13-19(17-12)5-4-18(3)23(13,21)22/h6-8H,4-5H2,1-3H3,(H,15,16,20). The predicted octanol–water partition coefficient (Wildman–Crippen LogP) is 0.781. The van der Waals surface area contributed by atoms with Crippen LogP contribution in [-0.4, -0.2) is 47.0 Å². The predicted molar refractivity (Wildman–Crippen MR) is 83.7 cm³/mol. The van der Waals surface area contributed by atoms with Crippen LogP contribution in [0.2, 0.25) is 0 Å². The third kappa shape index (κ3) is 2.73. The second-order valence-corrected chi connectivity index (χ2v) is 7.50. The van der Waals surface area contributed by atoms with E-state index in [1.165, 1.54) is 22.1 Å². The van der Waals surface area contributed by atoms with Crippen LogP contribution in [0.4, 0.5) is 5.69 Å². The van der Waals surface area contributed by atoms with E-state index in [1.807, 2.05) is 13.8 Å². The van der Waals surface area contributed by atoms with Gasteiger partial charge >= 0.3 is 0 Å². The summed E-state index contributed by atoms with van der Waals surface area (Å²) in [6.07, 6.45) is 1.67. The number of aryl methyl sites for hydroxylation is 2. The highest BCUT2D eigenvalue weighted by atomic mass is 32.2. The quantitative estimate of drug-likeness (QED) is 0.875. The summed E-state index contributed by atoms with van der Waals surface area (Å²) >= 11 is 0. The van der Waals surface area contributed by atoms with Gasteiger partial charge in [0.15, 0.2) is 10.7 Å². The molecule has 0 bridgehead atoms. The van der Waals surface area contributed by atoms with Crippen molar-refractivity contribution in [2.75, 3.05) is 18.9 Å². The summed E-state index contributed by atoms with van der Waals surface area (Å²) in [4.78, 5) is 16.5. The average molecular weight is 335 g/mol. The number of carbonyl (C=O) groups is 1. The van der Waals surface area contributed by atoms with E-state index < -0.39 is 15.9 Å². The van der Waals surface area contributed by atoms with Gasteiger partial charge in [-0.3, -0.25) is 14.5 Å². The number of fused-ring (bicyclic) bond motifs is 1. The zero-order valence-corrected chi connectivity index (χ0v) is 13.9. The van der Waals surface area contributed by atoms with E-state index in [2.05, 4.69) is 15.4 Å². The zero-order chi connectivity index (χ0) is 16.8. The molecule has 8 nitrogen and oxygen atoms in total. The third-order valence-electron chi connectivity index (χ3n) is 3.77. The Kier molecular flexibility index (Phi) is 3.69. The number of nitrogens with zero attached hydrogens (tertiary/aromatic N) is 4. The number of anilines is 1. The number of amides is 1. The van der Waals surface area contributed by atoms with Crippen LogP contribution in [0.1, 0.15) is 21.7 Å². The second-order valence-electron chi connectivity index (χ2n) is 5.51. The fourth-order valence-electron chi connectivity index (χ4n) is 2.34. The van der Waals surface area contributed by atoms with E-state index in [4.69, 9.17) is 0 Å². The number of sulfonamides is 1. The van der Waals surface area contributed by atoms with Crippen molar-refractivity contribution in [1.82, 2.24) is 19.1 Å². The van der Waals surface area contributed by atoms with Crippen LogP contribution >= 0.6 is 0 Å². The zero-order valence-electron chi connectivity index (χ0n) is 13.1. The molecule has 0 saturated heterocycles. The third-order valence-corrected chi connectivity index (χ3v) is 5.63. The van der Waals surface area contributed by atoms with Gasteiger partial charge in [-0.05, 0) is 25.5 Å². The lowest BCUT2D eigenvalue weighted by Crippen LogP contribution is -2.37. The van der Waals surface area contributed by atoms with Gasteiger partial charge in [0, 0.05) is 37.2 Å². The van der Waals surface area contributed by atoms with E-state index in [0.717, 1.165) is 11.3 Å². The maximum absolute atomic E-state index is 12.4. The van der Waals surface area contributed by atoms with Crippen LogP contribution in [0.15, 0.2) is 23.4 Å². The lowest BCUT2D eigenvalue weighted by molar-refractivity contribution is 0.102. The lowest BCUT2D eigenvalue weighted by Gasteiger charge is -2.22. The summed E-state index contributed by atoms with van der Waals surface area (Å²) in [6.45, 7) is 4.42. The number of likely N-dealkylation sites (N-methyl/N-ethyl adjacent to an activating group) is 1. The van der Waals surface area contributed by atoms with Crippen molar-refractivity contribution in [3.05, 3.63) is 35.3 Å². The van der Waals surface area contributed by atoms with Crippen LogP contribution in [0.25, 0.3) is 0 Å². The molecule has 9 heteroatoms. The lowest BCUT2D eigenvalue weighted by atomic mass is 10.2.